The van der Waals surface area contributed by atoms with Crippen molar-refractivity contribution in [1.82, 2.24) is 0 Å². The molecule has 0 radical (unpaired) electrons. The summed E-state index contributed by atoms with van der Waals surface area (Å²) in [5.74, 6) is 1.73. The quantitative estimate of drug-likeness (QED) is 0.103. The fraction of sp³-hybridized carbons (Fsp3) is 0.310. The molecule has 0 aliphatic heterocycles. The Bertz CT molecular complexity index is 2690. The lowest BCUT2D eigenvalue weighted by Gasteiger charge is -2.38. The Labute approximate surface area is 358 Å². The van der Waals surface area contributed by atoms with Gasteiger partial charge in [-0.2, -0.15) is 0 Å². The molecular weight excluding hydrogens is 725 g/mol. The maximum Gasteiger partial charge on any atom is 0.0560 e. The van der Waals surface area contributed by atoms with Gasteiger partial charge in [0.1, 0.15) is 0 Å². The molecular formula is C58H60N2. The van der Waals surface area contributed by atoms with E-state index in [1.54, 1.807) is 0 Å². The van der Waals surface area contributed by atoms with Crippen LogP contribution in [0.5, 0.6) is 0 Å². The Morgan fingerprint density at radius 2 is 1.18 bits per heavy atom. The first-order valence-electron chi connectivity index (χ1n) is 23.0. The van der Waals surface area contributed by atoms with Crippen LogP contribution in [0.3, 0.4) is 0 Å². The topological polar surface area (TPSA) is 6.48 Å². The van der Waals surface area contributed by atoms with Crippen molar-refractivity contribution >= 4 is 49.4 Å². The Morgan fingerprint density at radius 1 is 0.550 bits per heavy atom. The fourth-order valence-corrected chi connectivity index (χ4v) is 10.8. The van der Waals surface area contributed by atoms with Crippen LogP contribution in [0.25, 0.3) is 32.3 Å². The van der Waals surface area contributed by atoms with Crippen molar-refractivity contribution in [2.24, 2.45) is 11.8 Å². The molecule has 0 spiro atoms. The van der Waals surface area contributed by atoms with Crippen LogP contribution < -0.4 is 9.80 Å². The maximum absolute atomic E-state index is 2.73. The molecule has 5 aliphatic carbocycles. The van der Waals surface area contributed by atoms with E-state index >= 15 is 0 Å². The second-order valence-electron chi connectivity index (χ2n) is 18.4. The summed E-state index contributed by atoms with van der Waals surface area (Å²) in [5.41, 5.74) is 11.1. The van der Waals surface area contributed by atoms with Gasteiger partial charge in [-0.05, 0) is 137 Å². The van der Waals surface area contributed by atoms with Crippen molar-refractivity contribution in [2.75, 3.05) is 9.80 Å². The van der Waals surface area contributed by atoms with Crippen LogP contribution in [-0.2, 0) is 0 Å². The molecule has 0 saturated heterocycles. The van der Waals surface area contributed by atoms with Gasteiger partial charge in [0.15, 0.2) is 0 Å². The summed E-state index contributed by atoms with van der Waals surface area (Å²) in [7, 11) is 0. The molecule has 0 fully saturated rings. The Balaban J connectivity index is 1.28. The standard InChI is InChI=1S/C58H60N2/c1-39(2)41-25-29-47(30-26-41)59(45-21-13-7-14-22-45)55-37-53(43-17-9-5-10-18-43)49-34-36-52-56(60(46-23-15-8-16-24-46)48-31-27-42(28-32-48)40(3)4)38-54(44-19-11-6-12-20-44)50-33-35-51(55)57(49)58(50)52/h5,7-11,13,15-17,19,21,23-29,31,33-40,43-44,47-48H,6,12,14,18,20,22,30,32H2,1-4H3. The van der Waals surface area contributed by atoms with Crippen LogP contribution in [0, 0.1) is 11.8 Å². The van der Waals surface area contributed by atoms with Crippen molar-refractivity contribution in [3.05, 3.63) is 186 Å². The number of hydrogen-bond donors (Lipinski definition) is 0. The summed E-state index contributed by atoms with van der Waals surface area (Å²) in [6, 6.07) is 26.8. The van der Waals surface area contributed by atoms with E-state index in [0.717, 1.165) is 32.1 Å². The van der Waals surface area contributed by atoms with Gasteiger partial charge in [0.2, 0.25) is 0 Å². The lowest BCUT2D eigenvalue weighted by atomic mass is 9.80. The Hall–Kier alpha value is -5.60. The molecule has 60 heavy (non-hydrogen) atoms. The van der Waals surface area contributed by atoms with Crippen molar-refractivity contribution in [2.45, 2.75) is 103 Å². The zero-order valence-corrected chi connectivity index (χ0v) is 36.0. The smallest absolute Gasteiger partial charge is 0.0560 e. The number of nitrogens with zero attached hydrogens (tertiary/aromatic N) is 2. The van der Waals surface area contributed by atoms with Gasteiger partial charge in [0, 0.05) is 45.4 Å². The molecule has 5 aromatic carbocycles. The monoisotopic (exact) mass is 784 g/mol. The van der Waals surface area contributed by atoms with E-state index in [0.29, 0.717) is 23.7 Å². The van der Waals surface area contributed by atoms with Crippen molar-refractivity contribution in [3.8, 4) is 0 Å². The molecule has 2 heteroatoms. The molecule has 5 aliphatic rings. The van der Waals surface area contributed by atoms with Gasteiger partial charge < -0.3 is 9.80 Å². The minimum absolute atomic E-state index is 0.206. The number of rotatable bonds is 10. The highest BCUT2D eigenvalue weighted by Gasteiger charge is 2.31. The molecule has 4 atom stereocenters. The Kier molecular flexibility index (Phi) is 10.6. The van der Waals surface area contributed by atoms with Crippen molar-refractivity contribution in [3.63, 3.8) is 0 Å². The van der Waals surface area contributed by atoms with Crippen molar-refractivity contribution < 1.29 is 0 Å². The third-order valence-electron chi connectivity index (χ3n) is 14.0. The summed E-state index contributed by atoms with van der Waals surface area (Å²) in [5, 5.41) is 8.36. The maximum atomic E-state index is 2.73. The van der Waals surface area contributed by atoms with Gasteiger partial charge in [0.25, 0.3) is 0 Å². The predicted molar refractivity (Wildman–Crippen MR) is 260 cm³/mol. The molecule has 0 heterocycles. The van der Waals surface area contributed by atoms with Crippen LogP contribution in [0.2, 0.25) is 0 Å². The Morgan fingerprint density at radius 3 is 1.73 bits per heavy atom. The van der Waals surface area contributed by atoms with Crippen LogP contribution in [0.1, 0.15) is 102 Å². The first-order chi connectivity index (χ1) is 29.4. The average Bonchev–Trinajstić information content (AvgIpc) is 3.30. The zero-order valence-electron chi connectivity index (χ0n) is 36.0. The molecule has 302 valence electrons. The predicted octanol–water partition coefficient (Wildman–Crippen LogP) is 16.0. The van der Waals surface area contributed by atoms with Gasteiger partial charge in [-0.15, -0.1) is 0 Å². The van der Waals surface area contributed by atoms with E-state index < -0.39 is 0 Å². The van der Waals surface area contributed by atoms with E-state index in [1.807, 2.05) is 0 Å². The largest absolute Gasteiger partial charge is 0.337 e. The van der Waals surface area contributed by atoms with Crippen LogP contribution in [0.4, 0.5) is 17.1 Å². The lowest BCUT2D eigenvalue weighted by Crippen LogP contribution is -2.34. The second kappa shape index (κ2) is 16.5. The zero-order chi connectivity index (χ0) is 40.7. The third kappa shape index (κ3) is 7.02. The van der Waals surface area contributed by atoms with E-state index in [4.69, 9.17) is 0 Å². The van der Waals surface area contributed by atoms with Gasteiger partial charge in [-0.3, -0.25) is 0 Å². The van der Waals surface area contributed by atoms with Gasteiger partial charge in [-0.25, -0.2) is 0 Å². The summed E-state index contributed by atoms with van der Waals surface area (Å²) >= 11 is 0. The molecule has 0 amide bonds. The van der Waals surface area contributed by atoms with Crippen LogP contribution >= 0.6 is 0 Å². The highest BCUT2D eigenvalue weighted by Crippen LogP contribution is 2.51. The molecule has 5 aromatic rings. The molecule has 0 saturated carbocycles. The highest BCUT2D eigenvalue weighted by atomic mass is 15.2. The minimum atomic E-state index is 0.206. The number of para-hydroxylation sites is 1. The highest BCUT2D eigenvalue weighted by molar-refractivity contribution is 6.29. The molecule has 4 unspecified atom stereocenters. The van der Waals surface area contributed by atoms with Crippen LogP contribution in [-0.4, -0.2) is 12.1 Å². The third-order valence-corrected chi connectivity index (χ3v) is 14.0. The first-order valence-corrected chi connectivity index (χ1v) is 23.0. The number of allylic oxidation sites excluding steroid dienone is 14. The van der Waals surface area contributed by atoms with Gasteiger partial charge in [0.05, 0.1) is 12.1 Å². The number of hydrogen-bond acceptors (Lipinski definition) is 2. The molecule has 2 nitrogen and oxygen atoms in total. The molecule has 10 rings (SSSR count). The van der Waals surface area contributed by atoms with Gasteiger partial charge in [-0.1, -0.05) is 155 Å². The SMILES string of the molecule is CC(C)C1=CCC(N(C2=CC=CCC2)c2cc(C3C=CC=CC3)c3ccc4c(N(c5ccccc5)C5C=CC(C(C)C)=CC5)cc(C5C=CCCC5)c5ccc2c3c54)C=C1. The summed E-state index contributed by atoms with van der Waals surface area (Å²) in [4.78, 5) is 5.40. The summed E-state index contributed by atoms with van der Waals surface area (Å²) in [6.07, 6.45) is 44.7. The molecule has 0 bridgehead atoms. The summed E-state index contributed by atoms with van der Waals surface area (Å²) < 4.78 is 0. The molecule has 0 N–H and O–H groups in total. The first kappa shape index (κ1) is 38.6. The van der Waals surface area contributed by atoms with E-state index in [1.165, 1.54) is 96.6 Å². The van der Waals surface area contributed by atoms with Crippen LogP contribution in [0.15, 0.2) is 175 Å². The van der Waals surface area contributed by atoms with E-state index in [2.05, 4.69) is 195 Å². The minimum Gasteiger partial charge on any atom is -0.337 e. The second-order valence-corrected chi connectivity index (χ2v) is 18.4. The van der Waals surface area contributed by atoms with E-state index in [-0.39, 0.29) is 12.1 Å². The summed E-state index contributed by atoms with van der Waals surface area (Å²) in [6.45, 7) is 9.25. The number of benzene rings is 5. The van der Waals surface area contributed by atoms with Gasteiger partial charge >= 0.3 is 0 Å². The normalized spacial score (nSPS) is 22.7. The number of anilines is 3. The molecule has 0 aromatic heterocycles. The average molecular weight is 785 g/mol. The van der Waals surface area contributed by atoms with Crippen molar-refractivity contribution in [1.29, 1.82) is 0 Å². The lowest BCUT2D eigenvalue weighted by molar-refractivity contribution is 0.657. The van der Waals surface area contributed by atoms with E-state index in [9.17, 15) is 0 Å². The fourth-order valence-electron chi connectivity index (χ4n) is 10.8.